The minimum atomic E-state index is 0.260. The quantitative estimate of drug-likeness (QED) is 0.910. The first-order valence-electron chi connectivity index (χ1n) is 6.74. The first-order chi connectivity index (χ1) is 9.35. The molecule has 0 aliphatic carbocycles. The van der Waals surface area contributed by atoms with Gasteiger partial charge in [-0.3, -0.25) is 0 Å². The van der Waals surface area contributed by atoms with Gasteiger partial charge < -0.3 is 10.1 Å². The zero-order chi connectivity index (χ0) is 13.1. The number of rotatable bonds is 5. The van der Waals surface area contributed by atoms with Crippen molar-refractivity contribution in [2.75, 3.05) is 6.54 Å². The van der Waals surface area contributed by atoms with Crippen LogP contribution in [0.3, 0.4) is 0 Å². The summed E-state index contributed by atoms with van der Waals surface area (Å²) in [6.45, 7) is 3.90. The van der Waals surface area contributed by atoms with E-state index in [0.717, 1.165) is 31.7 Å². The van der Waals surface area contributed by atoms with Gasteiger partial charge in [-0.15, -0.1) is 11.3 Å². The number of hydrogen-bond donors (Lipinski definition) is 1. The number of aromatic nitrogens is 1. The highest BCUT2D eigenvalue weighted by molar-refractivity contribution is 7.11. The Labute approximate surface area is 117 Å². The summed E-state index contributed by atoms with van der Waals surface area (Å²) < 4.78 is 5.90. The van der Waals surface area contributed by atoms with Crippen LogP contribution in [0.4, 0.5) is 0 Å². The van der Waals surface area contributed by atoms with Gasteiger partial charge in [0.2, 0.25) is 0 Å². The molecular weight excluding hydrogens is 256 g/mol. The lowest BCUT2D eigenvalue weighted by atomic mass is 10.1. The summed E-state index contributed by atoms with van der Waals surface area (Å²) in [6, 6.07) is 8.29. The zero-order valence-corrected chi connectivity index (χ0v) is 11.9. The molecule has 0 saturated heterocycles. The molecule has 2 heterocycles. The van der Waals surface area contributed by atoms with E-state index < -0.39 is 0 Å². The molecule has 100 valence electrons. The van der Waals surface area contributed by atoms with Crippen molar-refractivity contribution in [3.63, 3.8) is 0 Å². The first kappa shape index (κ1) is 12.6. The fraction of sp³-hybridized carbons (Fsp3) is 0.400. The molecule has 3 nitrogen and oxygen atoms in total. The number of para-hydroxylation sites is 1. The van der Waals surface area contributed by atoms with Crippen LogP contribution in [0.2, 0.25) is 0 Å². The van der Waals surface area contributed by atoms with E-state index in [1.54, 1.807) is 11.3 Å². The molecule has 1 atom stereocenters. The lowest BCUT2D eigenvalue weighted by Crippen LogP contribution is -2.29. The highest BCUT2D eigenvalue weighted by atomic mass is 32.1. The molecule has 3 rings (SSSR count). The van der Waals surface area contributed by atoms with Gasteiger partial charge in [0.1, 0.15) is 11.9 Å². The zero-order valence-electron chi connectivity index (χ0n) is 11.1. The van der Waals surface area contributed by atoms with Crippen LogP contribution < -0.4 is 10.1 Å². The lowest BCUT2D eigenvalue weighted by Gasteiger charge is -2.11. The number of ether oxygens (including phenoxy) is 1. The van der Waals surface area contributed by atoms with E-state index in [9.17, 15) is 0 Å². The first-order valence-corrected chi connectivity index (χ1v) is 7.55. The van der Waals surface area contributed by atoms with Crippen molar-refractivity contribution in [1.29, 1.82) is 0 Å². The Hall–Kier alpha value is -1.39. The normalized spacial score (nSPS) is 17.2. The average molecular weight is 274 g/mol. The highest BCUT2D eigenvalue weighted by Gasteiger charge is 2.21. The summed E-state index contributed by atoms with van der Waals surface area (Å²) in [4.78, 5) is 5.66. The number of fused-ring (bicyclic) bond motifs is 1. The van der Waals surface area contributed by atoms with Crippen LogP contribution in [0.15, 0.2) is 30.5 Å². The van der Waals surface area contributed by atoms with Crippen LogP contribution >= 0.6 is 11.3 Å². The number of aryl methyl sites for hydroxylation is 1. The third kappa shape index (κ3) is 2.96. The second kappa shape index (κ2) is 5.72. The van der Waals surface area contributed by atoms with Gasteiger partial charge in [-0.25, -0.2) is 4.98 Å². The fourth-order valence-corrected chi connectivity index (χ4v) is 3.15. The summed E-state index contributed by atoms with van der Waals surface area (Å²) >= 11 is 1.79. The molecule has 1 unspecified atom stereocenters. The van der Waals surface area contributed by atoms with Crippen molar-refractivity contribution in [2.45, 2.75) is 32.4 Å². The molecular formula is C15H18N2OS. The molecule has 4 heteroatoms. The maximum Gasteiger partial charge on any atom is 0.123 e. The van der Waals surface area contributed by atoms with E-state index in [-0.39, 0.29) is 6.10 Å². The Morgan fingerprint density at radius 2 is 2.32 bits per heavy atom. The third-order valence-corrected chi connectivity index (χ3v) is 4.43. The van der Waals surface area contributed by atoms with Gasteiger partial charge in [0.15, 0.2) is 0 Å². The molecule has 2 aromatic rings. The van der Waals surface area contributed by atoms with Gasteiger partial charge in [0, 0.05) is 30.6 Å². The molecule has 1 aliphatic heterocycles. The van der Waals surface area contributed by atoms with Crippen molar-refractivity contribution in [2.24, 2.45) is 0 Å². The molecule has 0 radical (unpaired) electrons. The van der Waals surface area contributed by atoms with E-state index in [1.165, 1.54) is 15.4 Å². The Kier molecular flexibility index (Phi) is 3.80. The second-order valence-corrected chi connectivity index (χ2v) is 5.96. The highest BCUT2D eigenvalue weighted by Crippen LogP contribution is 2.27. The Morgan fingerprint density at radius 1 is 1.42 bits per heavy atom. The van der Waals surface area contributed by atoms with Crippen LogP contribution in [0, 0.1) is 0 Å². The number of nitrogens with one attached hydrogen (secondary N) is 1. The van der Waals surface area contributed by atoms with Gasteiger partial charge in [-0.2, -0.15) is 0 Å². The number of hydrogen-bond acceptors (Lipinski definition) is 4. The molecule has 0 amide bonds. The van der Waals surface area contributed by atoms with Crippen LogP contribution in [0.5, 0.6) is 5.75 Å². The SMILES string of the molecule is CCc1ncc(CNCC2Cc3ccccc3O2)s1. The predicted molar refractivity (Wildman–Crippen MR) is 77.8 cm³/mol. The molecule has 1 N–H and O–H groups in total. The van der Waals surface area contributed by atoms with Crippen molar-refractivity contribution >= 4 is 11.3 Å². The summed E-state index contributed by atoms with van der Waals surface area (Å²) in [5.41, 5.74) is 1.32. The van der Waals surface area contributed by atoms with Crippen LogP contribution in [0.1, 0.15) is 22.4 Å². The van der Waals surface area contributed by atoms with Crippen LogP contribution in [0.25, 0.3) is 0 Å². The van der Waals surface area contributed by atoms with Crippen LogP contribution in [-0.4, -0.2) is 17.6 Å². The van der Waals surface area contributed by atoms with Gasteiger partial charge in [-0.1, -0.05) is 25.1 Å². The Bertz CT molecular complexity index is 528. The van der Waals surface area contributed by atoms with Gasteiger partial charge >= 0.3 is 0 Å². The number of nitrogens with zero attached hydrogens (tertiary/aromatic N) is 1. The summed E-state index contributed by atoms with van der Waals surface area (Å²) in [7, 11) is 0. The van der Waals surface area contributed by atoms with Crippen LogP contribution in [-0.2, 0) is 19.4 Å². The lowest BCUT2D eigenvalue weighted by molar-refractivity contribution is 0.227. The Balaban J connectivity index is 1.47. The number of benzene rings is 1. The predicted octanol–water partition coefficient (Wildman–Crippen LogP) is 2.80. The van der Waals surface area contributed by atoms with Gasteiger partial charge in [0.25, 0.3) is 0 Å². The van der Waals surface area contributed by atoms with Crippen molar-refractivity contribution in [1.82, 2.24) is 10.3 Å². The van der Waals surface area contributed by atoms with Crippen molar-refractivity contribution in [3.8, 4) is 5.75 Å². The summed E-state index contributed by atoms with van der Waals surface area (Å²) in [5.74, 6) is 1.04. The van der Waals surface area contributed by atoms with Crippen molar-refractivity contribution < 1.29 is 4.74 Å². The van der Waals surface area contributed by atoms with E-state index in [4.69, 9.17) is 4.74 Å². The average Bonchev–Trinajstić information content (AvgIpc) is 3.04. The molecule has 19 heavy (non-hydrogen) atoms. The van der Waals surface area contributed by atoms with E-state index in [2.05, 4.69) is 29.4 Å². The molecule has 1 aromatic carbocycles. The molecule has 0 spiro atoms. The van der Waals surface area contributed by atoms with Crippen molar-refractivity contribution in [3.05, 3.63) is 45.9 Å². The van der Waals surface area contributed by atoms with Gasteiger partial charge in [-0.05, 0) is 18.1 Å². The standard InChI is InChI=1S/C15H18N2OS/c1-2-15-17-10-13(19-15)9-16-8-12-7-11-5-3-4-6-14(11)18-12/h3-6,10,12,16H,2,7-9H2,1H3. The Morgan fingerprint density at radius 3 is 3.11 bits per heavy atom. The minimum Gasteiger partial charge on any atom is -0.488 e. The smallest absolute Gasteiger partial charge is 0.123 e. The fourth-order valence-electron chi connectivity index (χ4n) is 2.32. The minimum absolute atomic E-state index is 0.260. The van der Waals surface area contributed by atoms with E-state index in [0.29, 0.717) is 0 Å². The molecule has 1 aromatic heterocycles. The number of thiazole rings is 1. The topological polar surface area (TPSA) is 34.2 Å². The van der Waals surface area contributed by atoms with E-state index >= 15 is 0 Å². The summed E-state index contributed by atoms with van der Waals surface area (Å²) in [6.07, 6.45) is 4.26. The van der Waals surface area contributed by atoms with Gasteiger partial charge in [0.05, 0.1) is 5.01 Å². The molecule has 0 bridgehead atoms. The molecule has 1 aliphatic rings. The molecule has 0 fully saturated rings. The molecule has 0 saturated carbocycles. The third-order valence-electron chi connectivity index (χ3n) is 3.29. The second-order valence-electron chi connectivity index (χ2n) is 4.76. The van der Waals surface area contributed by atoms with E-state index in [1.807, 2.05) is 18.3 Å². The monoisotopic (exact) mass is 274 g/mol. The maximum absolute atomic E-state index is 5.90. The maximum atomic E-state index is 5.90. The largest absolute Gasteiger partial charge is 0.488 e. The summed E-state index contributed by atoms with van der Waals surface area (Å²) in [5, 5.41) is 4.67.